The summed E-state index contributed by atoms with van der Waals surface area (Å²) in [5, 5.41) is 9.82. The molecule has 1 N–H and O–H groups in total. The molecule has 1 aromatic carbocycles. The summed E-state index contributed by atoms with van der Waals surface area (Å²) >= 11 is 3.38. The summed E-state index contributed by atoms with van der Waals surface area (Å²) in [5.41, 5.74) is 3.39. The zero-order valence-corrected chi connectivity index (χ0v) is 9.80. The van der Waals surface area contributed by atoms with Gasteiger partial charge in [-0.25, -0.2) is 0 Å². The van der Waals surface area contributed by atoms with E-state index in [0.29, 0.717) is 0 Å². The lowest BCUT2D eigenvalue weighted by atomic mass is 10.00. The Morgan fingerprint density at radius 1 is 1.31 bits per heavy atom. The van der Waals surface area contributed by atoms with Crippen molar-refractivity contribution in [3.05, 3.63) is 34.9 Å². The van der Waals surface area contributed by atoms with Gasteiger partial charge in [0.05, 0.1) is 6.10 Å². The summed E-state index contributed by atoms with van der Waals surface area (Å²) < 4.78 is 0. The second-order valence-corrected chi connectivity index (χ2v) is 4.93. The molecule has 2 atom stereocenters. The normalized spacial score (nSPS) is 15.5. The Balaban J connectivity index is 3.01. The molecule has 1 nitrogen and oxygen atoms in total. The summed E-state index contributed by atoms with van der Waals surface area (Å²) in [6.07, 6.45) is -0.416. The number of aryl methyl sites for hydroxylation is 2. The molecule has 0 heterocycles. The van der Waals surface area contributed by atoms with Gasteiger partial charge in [-0.3, -0.25) is 0 Å². The molecule has 0 saturated heterocycles. The van der Waals surface area contributed by atoms with Gasteiger partial charge in [0.25, 0.3) is 0 Å². The van der Waals surface area contributed by atoms with Crippen molar-refractivity contribution < 1.29 is 5.11 Å². The number of aliphatic hydroxyl groups excluding tert-OH is 1. The molecule has 72 valence electrons. The highest BCUT2D eigenvalue weighted by atomic mass is 79.9. The fourth-order valence-electron chi connectivity index (χ4n) is 1.40. The Hall–Kier alpha value is -0.340. The minimum Gasteiger partial charge on any atom is -0.387 e. The van der Waals surface area contributed by atoms with E-state index < -0.39 is 6.10 Å². The average molecular weight is 243 g/mol. The van der Waals surface area contributed by atoms with E-state index in [1.807, 2.05) is 26.0 Å². The Labute approximate surface area is 87.9 Å². The molecule has 1 aromatic rings. The number of hydrogen-bond donors (Lipinski definition) is 1. The first-order chi connectivity index (χ1) is 6.02. The van der Waals surface area contributed by atoms with Crippen LogP contribution in [0.4, 0.5) is 0 Å². The van der Waals surface area contributed by atoms with Crippen molar-refractivity contribution in [2.75, 3.05) is 0 Å². The van der Waals surface area contributed by atoms with Crippen LogP contribution in [0.1, 0.15) is 29.7 Å². The van der Waals surface area contributed by atoms with Crippen LogP contribution < -0.4 is 0 Å². The van der Waals surface area contributed by atoms with Crippen LogP contribution in [0.25, 0.3) is 0 Å². The largest absolute Gasteiger partial charge is 0.387 e. The quantitative estimate of drug-likeness (QED) is 0.791. The molecular weight excluding hydrogens is 228 g/mol. The third-order valence-corrected chi connectivity index (χ3v) is 2.68. The predicted octanol–water partition coefficient (Wildman–Crippen LogP) is 3.12. The topological polar surface area (TPSA) is 20.2 Å². The van der Waals surface area contributed by atoms with Gasteiger partial charge in [0, 0.05) is 4.83 Å². The highest BCUT2D eigenvalue weighted by molar-refractivity contribution is 9.09. The van der Waals surface area contributed by atoms with Gasteiger partial charge in [0.1, 0.15) is 0 Å². The van der Waals surface area contributed by atoms with Crippen LogP contribution in [0.2, 0.25) is 0 Å². The molecule has 2 unspecified atom stereocenters. The molecule has 0 spiro atoms. The maximum Gasteiger partial charge on any atom is 0.0914 e. The number of halogens is 1. The number of benzene rings is 1. The highest BCUT2D eigenvalue weighted by Gasteiger charge is 2.14. The fraction of sp³-hybridized carbons (Fsp3) is 0.455. The second-order valence-electron chi connectivity index (χ2n) is 3.48. The first kappa shape index (κ1) is 10.7. The molecule has 1 rings (SSSR count). The summed E-state index contributed by atoms with van der Waals surface area (Å²) in [6, 6.07) is 6.11. The van der Waals surface area contributed by atoms with Gasteiger partial charge >= 0.3 is 0 Å². The molecule has 2 heteroatoms. The zero-order valence-electron chi connectivity index (χ0n) is 8.21. The van der Waals surface area contributed by atoms with Gasteiger partial charge in [0.2, 0.25) is 0 Å². The van der Waals surface area contributed by atoms with Crippen LogP contribution in [-0.4, -0.2) is 9.93 Å². The van der Waals surface area contributed by atoms with E-state index in [-0.39, 0.29) is 4.83 Å². The van der Waals surface area contributed by atoms with Crippen LogP contribution in [0, 0.1) is 13.8 Å². The number of alkyl halides is 1. The van der Waals surface area contributed by atoms with Crippen LogP contribution in [0.5, 0.6) is 0 Å². The minimum absolute atomic E-state index is 0.0916. The minimum atomic E-state index is -0.416. The maximum absolute atomic E-state index is 9.82. The van der Waals surface area contributed by atoms with Crippen molar-refractivity contribution in [1.82, 2.24) is 0 Å². The first-order valence-corrected chi connectivity index (χ1v) is 5.33. The molecule has 0 aliphatic heterocycles. The smallest absolute Gasteiger partial charge is 0.0914 e. The van der Waals surface area contributed by atoms with Gasteiger partial charge < -0.3 is 5.11 Å². The van der Waals surface area contributed by atoms with Crippen molar-refractivity contribution in [3.63, 3.8) is 0 Å². The van der Waals surface area contributed by atoms with Gasteiger partial charge in [-0.1, -0.05) is 39.7 Å². The third-order valence-electron chi connectivity index (χ3n) is 2.18. The van der Waals surface area contributed by atoms with Crippen LogP contribution in [-0.2, 0) is 0 Å². The van der Waals surface area contributed by atoms with Crippen molar-refractivity contribution in [1.29, 1.82) is 0 Å². The molecule has 0 aliphatic rings. The molecule has 0 saturated carbocycles. The van der Waals surface area contributed by atoms with E-state index >= 15 is 0 Å². The fourth-order valence-corrected chi connectivity index (χ4v) is 1.69. The molecule has 0 aromatic heterocycles. The molecule has 0 radical (unpaired) electrons. The molecule has 0 fully saturated rings. The Morgan fingerprint density at radius 3 is 2.38 bits per heavy atom. The van der Waals surface area contributed by atoms with Gasteiger partial charge in [-0.2, -0.15) is 0 Å². The van der Waals surface area contributed by atoms with Crippen molar-refractivity contribution in [2.24, 2.45) is 0 Å². The Morgan fingerprint density at radius 2 is 1.92 bits per heavy atom. The lowest BCUT2D eigenvalue weighted by Crippen LogP contribution is -2.09. The van der Waals surface area contributed by atoms with E-state index in [1.54, 1.807) is 0 Å². The van der Waals surface area contributed by atoms with Gasteiger partial charge in [-0.15, -0.1) is 0 Å². The van der Waals surface area contributed by atoms with Gasteiger partial charge in [-0.05, 0) is 31.9 Å². The third kappa shape index (κ3) is 2.55. The zero-order chi connectivity index (χ0) is 10.0. The lowest BCUT2D eigenvalue weighted by Gasteiger charge is -2.16. The standard InChI is InChI=1S/C11H15BrO/c1-7-4-5-10(8(2)6-7)11(13)9(3)12/h4-6,9,11,13H,1-3H3. The maximum atomic E-state index is 9.82. The number of aliphatic hydroxyl groups is 1. The SMILES string of the molecule is Cc1ccc(C(O)C(C)Br)c(C)c1. The van der Waals surface area contributed by atoms with E-state index in [1.165, 1.54) is 5.56 Å². The monoisotopic (exact) mass is 242 g/mol. The van der Waals surface area contributed by atoms with E-state index in [4.69, 9.17) is 0 Å². The summed E-state index contributed by atoms with van der Waals surface area (Å²) in [6.45, 7) is 6.03. The molecule has 0 bridgehead atoms. The van der Waals surface area contributed by atoms with Crippen LogP contribution in [0.3, 0.4) is 0 Å². The average Bonchev–Trinajstić information content (AvgIpc) is 2.03. The van der Waals surface area contributed by atoms with E-state index in [9.17, 15) is 5.11 Å². The second kappa shape index (κ2) is 4.25. The van der Waals surface area contributed by atoms with Crippen molar-refractivity contribution in [2.45, 2.75) is 31.7 Å². The van der Waals surface area contributed by atoms with Crippen molar-refractivity contribution >= 4 is 15.9 Å². The lowest BCUT2D eigenvalue weighted by molar-refractivity contribution is 0.180. The van der Waals surface area contributed by atoms with Crippen LogP contribution in [0.15, 0.2) is 18.2 Å². The highest BCUT2D eigenvalue weighted by Crippen LogP contribution is 2.25. The van der Waals surface area contributed by atoms with Gasteiger partial charge in [0.15, 0.2) is 0 Å². The Bertz CT molecular complexity index is 294. The van der Waals surface area contributed by atoms with Crippen LogP contribution >= 0.6 is 15.9 Å². The predicted molar refractivity (Wildman–Crippen MR) is 59.3 cm³/mol. The Kier molecular flexibility index (Phi) is 3.51. The molecule has 0 amide bonds. The van der Waals surface area contributed by atoms with E-state index in [0.717, 1.165) is 11.1 Å². The first-order valence-electron chi connectivity index (χ1n) is 4.41. The van der Waals surface area contributed by atoms with Crippen molar-refractivity contribution in [3.8, 4) is 0 Å². The molecule has 0 aliphatic carbocycles. The van der Waals surface area contributed by atoms with E-state index in [2.05, 4.69) is 28.9 Å². The number of hydrogen-bond acceptors (Lipinski definition) is 1. The summed E-state index contributed by atoms with van der Waals surface area (Å²) in [4.78, 5) is 0.0916. The molecule has 13 heavy (non-hydrogen) atoms. The summed E-state index contributed by atoms with van der Waals surface area (Å²) in [7, 11) is 0. The summed E-state index contributed by atoms with van der Waals surface area (Å²) in [5.74, 6) is 0. The number of rotatable bonds is 2. The molecular formula is C11H15BrO.